The zero-order valence-corrected chi connectivity index (χ0v) is 13.4. The molecular weight excluding hydrogens is 360 g/mol. The van der Waals surface area contributed by atoms with Crippen LogP contribution in [0.3, 0.4) is 0 Å². The summed E-state index contributed by atoms with van der Waals surface area (Å²) in [5.41, 5.74) is -1.25. The van der Waals surface area contributed by atoms with E-state index in [1.807, 2.05) is 0 Å². The minimum absolute atomic E-state index is 0.0496. The molecule has 0 saturated carbocycles. The molecule has 0 bridgehead atoms. The molecule has 8 heteroatoms. The number of anilines is 1. The van der Waals surface area contributed by atoms with Crippen molar-refractivity contribution in [2.75, 3.05) is 11.9 Å². The maximum atomic E-state index is 12.9. The van der Waals surface area contributed by atoms with Crippen molar-refractivity contribution in [2.24, 2.45) is 0 Å². The van der Waals surface area contributed by atoms with E-state index in [9.17, 15) is 31.1 Å². The molecule has 0 N–H and O–H groups in total. The van der Waals surface area contributed by atoms with Crippen LogP contribution in [0.5, 0.6) is 0 Å². The molecule has 0 aliphatic carbocycles. The fourth-order valence-electron chi connectivity index (χ4n) is 2.19. The number of allylic oxidation sites excluding steroid dienone is 1. The first-order chi connectivity index (χ1) is 12.0. The number of nitrogens with zero attached hydrogens (tertiary/aromatic N) is 1. The summed E-state index contributed by atoms with van der Waals surface area (Å²) >= 11 is 0. The molecule has 2 aromatic rings. The number of halogens is 6. The third-order valence-corrected chi connectivity index (χ3v) is 3.51. The Labute approximate surface area is 145 Å². The highest BCUT2D eigenvalue weighted by Crippen LogP contribution is 2.31. The van der Waals surface area contributed by atoms with Gasteiger partial charge in [0.25, 0.3) is 5.78 Å². The van der Waals surface area contributed by atoms with Crippen molar-refractivity contribution in [3.8, 4) is 0 Å². The first-order valence-electron chi connectivity index (χ1n) is 7.29. The fourth-order valence-corrected chi connectivity index (χ4v) is 2.19. The second kappa shape index (κ2) is 7.23. The largest absolute Gasteiger partial charge is 0.454 e. The molecule has 0 aliphatic rings. The van der Waals surface area contributed by atoms with E-state index in [-0.39, 0.29) is 11.3 Å². The van der Waals surface area contributed by atoms with Gasteiger partial charge in [0.1, 0.15) is 0 Å². The van der Waals surface area contributed by atoms with Crippen molar-refractivity contribution in [2.45, 2.75) is 12.4 Å². The summed E-state index contributed by atoms with van der Waals surface area (Å²) in [7, 11) is 1.34. The Hall–Kier alpha value is -2.77. The van der Waals surface area contributed by atoms with Crippen LogP contribution >= 0.6 is 0 Å². The van der Waals surface area contributed by atoms with Gasteiger partial charge in [0.2, 0.25) is 0 Å². The molecule has 0 unspecified atom stereocenters. The van der Waals surface area contributed by atoms with Gasteiger partial charge in [-0.05, 0) is 29.8 Å². The van der Waals surface area contributed by atoms with Crippen LogP contribution in [0.4, 0.5) is 32.0 Å². The summed E-state index contributed by atoms with van der Waals surface area (Å²) in [6.45, 7) is 0. The predicted octanol–water partition coefficient (Wildman–Crippen LogP) is 5.31. The van der Waals surface area contributed by atoms with Gasteiger partial charge in [0.15, 0.2) is 0 Å². The van der Waals surface area contributed by atoms with Gasteiger partial charge < -0.3 is 4.90 Å². The van der Waals surface area contributed by atoms with Gasteiger partial charge in [-0.2, -0.15) is 26.3 Å². The van der Waals surface area contributed by atoms with E-state index in [1.165, 1.54) is 31.3 Å². The molecule has 2 rings (SSSR count). The van der Waals surface area contributed by atoms with E-state index < -0.39 is 29.3 Å². The molecule has 0 amide bonds. The summed E-state index contributed by atoms with van der Waals surface area (Å²) in [4.78, 5) is 12.9. The van der Waals surface area contributed by atoms with Crippen LogP contribution in [0.25, 0.3) is 5.57 Å². The van der Waals surface area contributed by atoms with Crippen LogP contribution in [0, 0.1) is 0 Å². The fraction of sp³-hybridized carbons (Fsp3) is 0.167. The number of carbonyl (C=O) groups excluding carboxylic acids is 1. The van der Waals surface area contributed by atoms with Crippen LogP contribution in [0.15, 0.2) is 60.8 Å². The third kappa shape index (κ3) is 4.65. The first-order valence-corrected chi connectivity index (χ1v) is 7.29. The number of Topliss-reactive ketones (excluding diaryl/α,β-unsaturated/α-hetero) is 1. The topological polar surface area (TPSA) is 20.3 Å². The summed E-state index contributed by atoms with van der Waals surface area (Å²) in [5.74, 6) is -2.04. The van der Waals surface area contributed by atoms with Gasteiger partial charge in [-0.3, -0.25) is 4.79 Å². The van der Waals surface area contributed by atoms with E-state index in [0.29, 0.717) is 0 Å². The van der Waals surface area contributed by atoms with E-state index >= 15 is 0 Å². The lowest BCUT2D eigenvalue weighted by Crippen LogP contribution is -2.25. The Morgan fingerprint density at radius 2 is 1.42 bits per heavy atom. The highest BCUT2D eigenvalue weighted by Gasteiger charge is 2.41. The zero-order valence-electron chi connectivity index (χ0n) is 13.4. The van der Waals surface area contributed by atoms with Crippen molar-refractivity contribution in [3.63, 3.8) is 0 Å². The van der Waals surface area contributed by atoms with Crippen LogP contribution in [0.2, 0.25) is 0 Å². The Morgan fingerprint density at radius 3 is 1.88 bits per heavy atom. The van der Waals surface area contributed by atoms with Gasteiger partial charge in [0.05, 0.1) is 11.1 Å². The highest BCUT2D eigenvalue weighted by atomic mass is 19.4. The Morgan fingerprint density at radius 1 is 0.885 bits per heavy atom. The minimum atomic E-state index is -5.08. The van der Waals surface area contributed by atoms with Gasteiger partial charge in [0, 0.05) is 18.9 Å². The Kier molecular flexibility index (Phi) is 5.44. The molecule has 0 atom stereocenters. The molecule has 0 saturated heterocycles. The average Bonchev–Trinajstić information content (AvgIpc) is 2.58. The molecule has 2 aromatic carbocycles. The number of hydrogen-bond donors (Lipinski definition) is 0. The van der Waals surface area contributed by atoms with Crippen LogP contribution in [-0.2, 0) is 11.0 Å². The standard InChI is InChI=1S/C18H13F6NO/c1-25(14-9-7-13(8-10-14)17(19,20)21)11-15(16(26)18(22,23)24)12-5-3-2-4-6-12/h2-11H,1H3/b15-11-. The monoisotopic (exact) mass is 373 g/mol. The molecule has 138 valence electrons. The van der Waals surface area contributed by atoms with Crippen molar-refractivity contribution in [1.82, 2.24) is 0 Å². The average molecular weight is 373 g/mol. The van der Waals surface area contributed by atoms with Crippen LogP contribution in [0.1, 0.15) is 11.1 Å². The first kappa shape index (κ1) is 19.6. The SMILES string of the molecule is CN(/C=C(\C(=O)C(F)(F)F)c1ccccc1)c1ccc(C(F)(F)F)cc1. The highest BCUT2D eigenvalue weighted by molar-refractivity contribution is 6.23. The van der Waals surface area contributed by atoms with Crippen molar-refractivity contribution in [3.05, 3.63) is 71.9 Å². The predicted molar refractivity (Wildman–Crippen MR) is 85.3 cm³/mol. The zero-order chi connectivity index (χ0) is 19.5. The lowest BCUT2D eigenvalue weighted by molar-refractivity contribution is -0.164. The second-order valence-corrected chi connectivity index (χ2v) is 5.39. The van der Waals surface area contributed by atoms with E-state index in [1.54, 1.807) is 6.07 Å². The quantitative estimate of drug-likeness (QED) is 0.534. The molecule has 0 fully saturated rings. The second-order valence-electron chi connectivity index (χ2n) is 5.39. The molecule has 2 nitrogen and oxygen atoms in total. The smallest absolute Gasteiger partial charge is 0.350 e. The van der Waals surface area contributed by atoms with Crippen molar-refractivity contribution in [1.29, 1.82) is 0 Å². The van der Waals surface area contributed by atoms with Gasteiger partial charge in [-0.1, -0.05) is 30.3 Å². The molecule has 0 radical (unpaired) electrons. The van der Waals surface area contributed by atoms with Crippen LogP contribution in [-0.4, -0.2) is 19.0 Å². The number of benzene rings is 2. The normalized spacial score (nSPS) is 12.8. The lowest BCUT2D eigenvalue weighted by atomic mass is 10.0. The molecule has 0 heterocycles. The number of alkyl halides is 6. The Bertz CT molecular complexity index is 791. The Balaban J connectivity index is 2.41. The molecular formula is C18H13F6NO. The van der Waals surface area contributed by atoms with Gasteiger partial charge in [-0.15, -0.1) is 0 Å². The van der Waals surface area contributed by atoms with Crippen molar-refractivity contribution >= 4 is 17.0 Å². The summed E-state index contributed by atoms with van der Waals surface area (Å²) < 4.78 is 76.4. The summed E-state index contributed by atoms with van der Waals surface area (Å²) in [6.07, 6.45) is -8.65. The van der Waals surface area contributed by atoms with Crippen molar-refractivity contribution < 1.29 is 31.1 Å². The molecule has 0 aliphatic heterocycles. The summed E-state index contributed by atoms with van der Waals surface area (Å²) in [5, 5.41) is 0. The number of carbonyl (C=O) groups is 1. The third-order valence-electron chi connectivity index (χ3n) is 3.51. The van der Waals surface area contributed by atoms with E-state index in [4.69, 9.17) is 0 Å². The van der Waals surface area contributed by atoms with Gasteiger partial charge >= 0.3 is 12.4 Å². The van der Waals surface area contributed by atoms with Crippen LogP contribution < -0.4 is 4.90 Å². The lowest BCUT2D eigenvalue weighted by Gasteiger charge is -2.18. The number of hydrogen-bond acceptors (Lipinski definition) is 2. The van der Waals surface area contributed by atoms with Gasteiger partial charge in [-0.25, -0.2) is 0 Å². The molecule has 26 heavy (non-hydrogen) atoms. The maximum absolute atomic E-state index is 12.9. The number of rotatable bonds is 4. The van der Waals surface area contributed by atoms with E-state index in [2.05, 4.69) is 0 Å². The maximum Gasteiger partial charge on any atom is 0.454 e. The molecule has 0 spiro atoms. The molecule has 0 aromatic heterocycles. The minimum Gasteiger partial charge on any atom is -0.350 e. The van der Waals surface area contributed by atoms with E-state index in [0.717, 1.165) is 35.4 Å². The number of ketones is 1. The summed E-state index contributed by atoms with van der Waals surface area (Å²) in [6, 6.07) is 11.1.